The van der Waals surface area contributed by atoms with Crippen LogP contribution < -0.4 is 5.73 Å². The van der Waals surface area contributed by atoms with E-state index in [1.54, 1.807) is 13.8 Å². The number of hydrogen-bond donors (Lipinski definition) is 1. The maximum absolute atomic E-state index is 12.4. The number of anilines is 1. The Morgan fingerprint density at radius 2 is 2.11 bits per heavy atom. The van der Waals surface area contributed by atoms with Gasteiger partial charge in [-0.2, -0.15) is 4.31 Å². The van der Waals surface area contributed by atoms with Crippen molar-refractivity contribution in [1.29, 1.82) is 0 Å². The normalized spacial score (nSPS) is 13.7. The molecule has 0 bridgehead atoms. The Labute approximate surface area is 116 Å². The monoisotopic (exact) mass is 307 g/mol. The van der Waals surface area contributed by atoms with Crippen molar-refractivity contribution in [3.63, 3.8) is 0 Å². The Balaban J connectivity index is 3.26. The SMILES string of the molecule is CCC(C)N(CC)S(=O)(=O)c1cc([N+](=O)[O-])c(N)s1. The Morgan fingerprint density at radius 1 is 1.53 bits per heavy atom. The van der Waals surface area contributed by atoms with Crippen molar-refractivity contribution in [2.75, 3.05) is 12.3 Å². The van der Waals surface area contributed by atoms with Crippen molar-refractivity contribution in [3.8, 4) is 0 Å². The quantitative estimate of drug-likeness (QED) is 0.639. The number of thiophene rings is 1. The molecule has 0 radical (unpaired) electrons. The zero-order valence-electron chi connectivity index (χ0n) is 11.0. The average Bonchev–Trinajstić information content (AvgIpc) is 2.72. The summed E-state index contributed by atoms with van der Waals surface area (Å²) in [5.74, 6) is 0. The third-order valence-corrected chi connectivity index (χ3v) is 6.36. The van der Waals surface area contributed by atoms with Crippen LogP contribution in [0.25, 0.3) is 0 Å². The molecule has 2 N–H and O–H groups in total. The molecule has 9 heteroatoms. The molecule has 1 unspecified atom stereocenters. The highest BCUT2D eigenvalue weighted by molar-refractivity contribution is 7.91. The van der Waals surface area contributed by atoms with Crippen molar-refractivity contribution in [2.24, 2.45) is 0 Å². The van der Waals surface area contributed by atoms with Gasteiger partial charge in [0, 0.05) is 18.7 Å². The Hall–Kier alpha value is -1.19. The van der Waals surface area contributed by atoms with Crippen molar-refractivity contribution < 1.29 is 13.3 Å². The predicted molar refractivity (Wildman–Crippen MR) is 74.7 cm³/mol. The molecule has 1 aromatic heterocycles. The first-order chi connectivity index (χ1) is 8.75. The van der Waals surface area contributed by atoms with Gasteiger partial charge in [-0.1, -0.05) is 25.2 Å². The number of rotatable bonds is 6. The second-order valence-electron chi connectivity index (χ2n) is 4.04. The van der Waals surface area contributed by atoms with Gasteiger partial charge < -0.3 is 5.73 Å². The minimum atomic E-state index is -3.73. The summed E-state index contributed by atoms with van der Waals surface area (Å²) in [5.41, 5.74) is 5.13. The maximum Gasteiger partial charge on any atom is 0.304 e. The van der Waals surface area contributed by atoms with E-state index in [-0.39, 0.29) is 20.9 Å². The fourth-order valence-electron chi connectivity index (χ4n) is 1.68. The van der Waals surface area contributed by atoms with Gasteiger partial charge in [-0.05, 0) is 13.3 Å². The fourth-order valence-corrected chi connectivity index (χ4v) is 4.74. The standard InChI is InChI=1S/C10H17N3O4S2/c1-4-7(3)12(5-2)19(16,17)9-6-8(13(14)15)10(11)18-9/h6-7H,4-5,11H2,1-3H3. The number of nitro groups is 1. The van der Waals surface area contributed by atoms with Gasteiger partial charge in [-0.3, -0.25) is 10.1 Å². The van der Waals surface area contributed by atoms with Gasteiger partial charge in [0.2, 0.25) is 0 Å². The van der Waals surface area contributed by atoms with Crippen LogP contribution in [0.1, 0.15) is 27.2 Å². The number of hydrogen-bond acceptors (Lipinski definition) is 6. The summed E-state index contributed by atoms with van der Waals surface area (Å²) in [4.78, 5) is 10.0. The van der Waals surface area contributed by atoms with Crippen LogP contribution in [0.3, 0.4) is 0 Å². The lowest BCUT2D eigenvalue weighted by Crippen LogP contribution is -2.37. The van der Waals surface area contributed by atoms with E-state index in [0.717, 1.165) is 17.4 Å². The molecule has 19 heavy (non-hydrogen) atoms. The smallest absolute Gasteiger partial charge is 0.304 e. The molecule has 1 aromatic rings. The van der Waals surface area contributed by atoms with Crippen LogP contribution in [0.4, 0.5) is 10.7 Å². The van der Waals surface area contributed by atoms with Gasteiger partial charge in [-0.25, -0.2) is 8.42 Å². The highest BCUT2D eigenvalue weighted by atomic mass is 32.2. The lowest BCUT2D eigenvalue weighted by atomic mass is 10.3. The van der Waals surface area contributed by atoms with E-state index in [1.165, 1.54) is 4.31 Å². The summed E-state index contributed by atoms with van der Waals surface area (Å²) < 4.78 is 26.1. The maximum atomic E-state index is 12.4. The van der Waals surface area contributed by atoms with E-state index in [1.807, 2.05) is 6.92 Å². The summed E-state index contributed by atoms with van der Waals surface area (Å²) in [6, 6.07) is 0.859. The van der Waals surface area contributed by atoms with E-state index < -0.39 is 14.9 Å². The van der Waals surface area contributed by atoms with Crippen molar-refractivity contribution >= 4 is 32.0 Å². The third kappa shape index (κ3) is 3.04. The summed E-state index contributed by atoms with van der Waals surface area (Å²) in [7, 11) is -3.73. The number of sulfonamides is 1. The van der Waals surface area contributed by atoms with Gasteiger partial charge in [0.25, 0.3) is 10.0 Å². The molecule has 0 aromatic carbocycles. The molecule has 0 aliphatic carbocycles. The van der Waals surface area contributed by atoms with Crippen LogP contribution in [0, 0.1) is 10.1 Å². The second-order valence-corrected chi connectivity index (χ2v) is 7.24. The third-order valence-electron chi connectivity index (χ3n) is 2.87. The van der Waals surface area contributed by atoms with Gasteiger partial charge in [0.1, 0.15) is 4.21 Å². The Kier molecular flexibility index (Phi) is 4.88. The van der Waals surface area contributed by atoms with Gasteiger partial charge in [-0.15, -0.1) is 0 Å². The first-order valence-corrected chi connectivity index (χ1v) is 8.06. The highest BCUT2D eigenvalue weighted by Crippen LogP contribution is 2.36. The zero-order valence-corrected chi connectivity index (χ0v) is 12.6. The molecule has 0 saturated carbocycles. The molecule has 1 rings (SSSR count). The lowest BCUT2D eigenvalue weighted by Gasteiger charge is -2.25. The molecule has 7 nitrogen and oxygen atoms in total. The fraction of sp³-hybridized carbons (Fsp3) is 0.600. The largest absolute Gasteiger partial charge is 0.385 e. The van der Waals surface area contributed by atoms with Crippen molar-refractivity contribution in [3.05, 3.63) is 16.2 Å². The topological polar surface area (TPSA) is 107 Å². The minimum absolute atomic E-state index is 0.0844. The molecular formula is C10H17N3O4S2. The summed E-state index contributed by atoms with van der Waals surface area (Å²) >= 11 is 0.728. The molecule has 0 aliphatic heterocycles. The van der Waals surface area contributed by atoms with E-state index in [2.05, 4.69) is 0 Å². The molecule has 108 valence electrons. The van der Waals surface area contributed by atoms with E-state index in [4.69, 9.17) is 5.73 Å². The van der Waals surface area contributed by atoms with Crippen LogP contribution >= 0.6 is 11.3 Å². The van der Waals surface area contributed by atoms with Crippen LogP contribution in [0.15, 0.2) is 10.3 Å². The molecule has 1 heterocycles. The van der Waals surface area contributed by atoms with E-state index >= 15 is 0 Å². The first-order valence-electron chi connectivity index (χ1n) is 5.81. The first kappa shape index (κ1) is 15.9. The van der Waals surface area contributed by atoms with E-state index in [9.17, 15) is 18.5 Å². The highest BCUT2D eigenvalue weighted by Gasteiger charge is 2.31. The minimum Gasteiger partial charge on any atom is -0.385 e. The second kappa shape index (κ2) is 5.85. The summed E-state index contributed by atoms with van der Waals surface area (Å²) in [6.07, 6.45) is 0.663. The lowest BCUT2D eigenvalue weighted by molar-refractivity contribution is -0.383. The predicted octanol–water partition coefficient (Wildman–Crippen LogP) is 2.05. The van der Waals surface area contributed by atoms with Crippen molar-refractivity contribution in [1.82, 2.24) is 4.31 Å². The van der Waals surface area contributed by atoms with Crippen LogP contribution in [-0.2, 0) is 10.0 Å². The van der Waals surface area contributed by atoms with Crippen LogP contribution in [0.5, 0.6) is 0 Å². The zero-order chi connectivity index (χ0) is 14.8. The van der Waals surface area contributed by atoms with Crippen molar-refractivity contribution in [2.45, 2.75) is 37.4 Å². The molecule has 1 atom stereocenters. The molecule has 0 fully saturated rings. The molecular weight excluding hydrogens is 290 g/mol. The average molecular weight is 307 g/mol. The molecule has 0 saturated heterocycles. The molecule has 0 amide bonds. The van der Waals surface area contributed by atoms with Crippen LogP contribution in [0.2, 0.25) is 0 Å². The van der Waals surface area contributed by atoms with Gasteiger partial charge >= 0.3 is 5.69 Å². The van der Waals surface area contributed by atoms with Gasteiger partial charge in [0.05, 0.1) is 4.92 Å². The van der Waals surface area contributed by atoms with E-state index in [0.29, 0.717) is 13.0 Å². The summed E-state index contributed by atoms with van der Waals surface area (Å²) in [6.45, 7) is 5.72. The Morgan fingerprint density at radius 3 is 2.47 bits per heavy atom. The number of nitrogens with zero attached hydrogens (tertiary/aromatic N) is 2. The van der Waals surface area contributed by atoms with Gasteiger partial charge in [0.15, 0.2) is 5.00 Å². The number of nitrogens with two attached hydrogens (primary N) is 1. The Bertz CT molecular complexity index is 567. The summed E-state index contributed by atoms with van der Waals surface area (Å²) in [5, 5.41) is 10.6. The molecule has 0 spiro atoms. The molecule has 0 aliphatic rings. The van der Waals surface area contributed by atoms with Crippen LogP contribution in [-0.4, -0.2) is 30.2 Å². The number of nitrogen functional groups attached to an aromatic ring is 1.